The quantitative estimate of drug-likeness (QED) is 0.802. The Bertz CT molecular complexity index is 672. The highest BCUT2D eigenvalue weighted by Crippen LogP contribution is 2.37. The first kappa shape index (κ1) is 19.0. The molecule has 1 saturated carbocycles. The summed E-state index contributed by atoms with van der Waals surface area (Å²) >= 11 is 5.86. The van der Waals surface area contributed by atoms with Crippen molar-refractivity contribution in [2.75, 3.05) is 13.1 Å². The standard InChI is InChI=1S/C18H20ClF3N2O2/c19-13-5-3-11(4-6-13)12-8-14(9-12)23-16(25)15-2-1-7-24(17(15)26)10-18(20,21)22/h3-6,12,14-15H,1-2,7-10H2,(H,23,25). The van der Waals surface area contributed by atoms with E-state index in [1.54, 1.807) is 0 Å². The molecule has 26 heavy (non-hydrogen) atoms. The van der Waals surface area contributed by atoms with Gasteiger partial charge in [-0.2, -0.15) is 13.2 Å². The summed E-state index contributed by atoms with van der Waals surface area (Å²) in [5.74, 6) is -1.87. The van der Waals surface area contributed by atoms with E-state index in [9.17, 15) is 22.8 Å². The van der Waals surface area contributed by atoms with Crippen LogP contribution in [0.1, 0.15) is 37.2 Å². The van der Waals surface area contributed by atoms with Gasteiger partial charge in [0.1, 0.15) is 12.5 Å². The van der Waals surface area contributed by atoms with Gasteiger partial charge in [0, 0.05) is 17.6 Å². The minimum atomic E-state index is -4.45. The van der Waals surface area contributed by atoms with Crippen LogP contribution < -0.4 is 5.32 Å². The molecule has 2 aliphatic rings. The lowest BCUT2D eigenvalue weighted by Gasteiger charge is -2.38. The summed E-state index contributed by atoms with van der Waals surface area (Å²) in [6, 6.07) is 7.49. The molecule has 4 nitrogen and oxygen atoms in total. The molecule has 0 radical (unpaired) electrons. The van der Waals surface area contributed by atoms with Crippen molar-refractivity contribution in [3.63, 3.8) is 0 Å². The molecule has 1 unspecified atom stereocenters. The monoisotopic (exact) mass is 388 g/mol. The third kappa shape index (κ3) is 4.50. The van der Waals surface area contributed by atoms with Gasteiger partial charge >= 0.3 is 6.18 Å². The van der Waals surface area contributed by atoms with E-state index >= 15 is 0 Å². The Hall–Kier alpha value is -1.76. The van der Waals surface area contributed by atoms with E-state index in [0.717, 1.165) is 23.3 Å². The fourth-order valence-electron chi connectivity index (χ4n) is 3.60. The number of halogens is 4. The fraction of sp³-hybridized carbons (Fsp3) is 0.556. The fourth-order valence-corrected chi connectivity index (χ4v) is 3.73. The van der Waals surface area contributed by atoms with Crippen molar-refractivity contribution < 1.29 is 22.8 Å². The van der Waals surface area contributed by atoms with Crippen molar-refractivity contribution in [3.05, 3.63) is 34.9 Å². The SMILES string of the molecule is O=C(NC1CC(c2ccc(Cl)cc2)C1)C1CCCN(CC(F)(F)F)C1=O. The van der Waals surface area contributed by atoms with Crippen LogP contribution in [-0.2, 0) is 9.59 Å². The normalized spacial score (nSPS) is 26.4. The smallest absolute Gasteiger partial charge is 0.353 e. The van der Waals surface area contributed by atoms with Crippen LogP contribution >= 0.6 is 11.6 Å². The van der Waals surface area contributed by atoms with Crippen LogP contribution in [-0.4, -0.2) is 42.0 Å². The van der Waals surface area contributed by atoms with Crippen molar-refractivity contribution in [2.24, 2.45) is 5.92 Å². The number of carbonyl (C=O) groups excluding carboxylic acids is 2. The Balaban J connectivity index is 1.51. The molecule has 1 aromatic carbocycles. The molecule has 2 fully saturated rings. The van der Waals surface area contributed by atoms with Crippen LogP contribution in [0.4, 0.5) is 13.2 Å². The van der Waals surface area contributed by atoms with Gasteiger partial charge in [-0.05, 0) is 49.3 Å². The van der Waals surface area contributed by atoms with Gasteiger partial charge in [0.2, 0.25) is 11.8 Å². The summed E-state index contributed by atoms with van der Waals surface area (Å²) < 4.78 is 37.6. The van der Waals surface area contributed by atoms with Gasteiger partial charge in [-0.25, -0.2) is 0 Å². The molecular formula is C18H20ClF3N2O2. The van der Waals surface area contributed by atoms with E-state index in [1.807, 2.05) is 24.3 Å². The number of piperidine rings is 1. The van der Waals surface area contributed by atoms with E-state index in [1.165, 1.54) is 0 Å². The van der Waals surface area contributed by atoms with Gasteiger partial charge in [0.25, 0.3) is 0 Å². The minimum absolute atomic E-state index is 0.0458. The molecule has 8 heteroatoms. The van der Waals surface area contributed by atoms with Gasteiger partial charge in [0.15, 0.2) is 0 Å². The third-order valence-corrected chi connectivity index (χ3v) is 5.30. The molecule has 1 N–H and O–H groups in total. The van der Waals surface area contributed by atoms with E-state index in [-0.39, 0.29) is 12.6 Å². The zero-order valence-electron chi connectivity index (χ0n) is 14.1. The maximum atomic E-state index is 12.5. The lowest BCUT2D eigenvalue weighted by Crippen LogP contribution is -2.53. The number of nitrogens with one attached hydrogen (secondary N) is 1. The number of likely N-dealkylation sites (tertiary alicyclic amines) is 1. The number of nitrogens with zero attached hydrogens (tertiary/aromatic N) is 1. The molecule has 1 heterocycles. The average molecular weight is 389 g/mol. The van der Waals surface area contributed by atoms with Crippen LogP contribution in [0.5, 0.6) is 0 Å². The minimum Gasteiger partial charge on any atom is -0.353 e. The number of benzene rings is 1. The van der Waals surface area contributed by atoms with Gasteiger partial charge in [-0.1, -0.05) is 23.7 Å². The van der Waals surface area contributed by atoms with Crippen LogP contribution in [0, 0.1) is 5.92 Å². The highest BCUT2D eigenvalue weighted by Gasteiger charge is 2.41. The number of alkyl halides is 3. The van der Waals surface area contributed by atoms with Crippen molar-refractivity contribution >= 4 is 23.4 Å². The van der Waals surface area contributed by atoms with Crippen molar-refractivity contribution in [2.45, 2.75) is 43.8 Å². The highest BCUT2D eigenvalue weighted by molar-refractivity contribution is 6.30. The van der Waals surface area contributed by atoms with Gasteiger partial charge in [0.05, 0.1) is 0 Å². The summed E-state index contributed by atoms with van der Waals surface area (Å²) in [5.41, 5.74) is 1.14. The van der Waals surface area contributed by atoms with E-state index in [4.69, 9.17) is 11.6 Å². The topological polar surface area (TPSA) is 49.4 Å². The number of carbonyl (C=O) groups is 2. The van der Waals surface area contributed by atoms with Gasteiger partial charge in [-0.3, -0.25) is 9.59 Å². The largest absolute Gasteiger partial charge is 0.406 e. The molecule has 2 amide bonds. The van der Waals surface area contributed by atoms with Crippen molar-refractivity contribution in [1.82, 2.24) is 10.2 Å². The van der Waals surface area contributed by atoms with Gasteiger partial charge in [-0.15, -0.1) is 0 Å². The van der Waals surface area contributed by atoms with Crippen LogP contribution in [0.15, 0.2) is 24.3 Å². The molecular weight excluding hydrogens is 369 g/mol. The third-order valence-electron chi connectivity index (χ3n) is 5.04. The highest BCUT2D eigenvalue weighted by atomic mass is 35.5. The Morgan fingerprint density at radius 2 is 1.88 bits per heavy atom. The molecule has 1 aliphatic carbocycles. The Labute approximate surface area is 154 Å². The molecule has 0 aromatic heterocycles. The van der Waals surface area contributed by atoms with Crippen LogP contribution in [0.3, 0.4) is 0 Å². The number of hydrogen-bond acceptors (Lipinski definition) is 2. The second-order valence-corrected chi connectivity index (χ2v) is 7.43. The molecule has 1 aliphatic heterocycles. The van der Waals surface area contributed by atoms with Crippen LogP contribution in [0.2, 0.25) is 5.02 Å². The second-order valence-electron chi connectivity index (χ2n) is 7.00. The molecule has 1 atom stereocenters. The predicted molar refractivity (Wildman–Crippen MR) is 90.7 cm³/mol. The average Bonchev–Trinajstić information content (AvgIpc) is 2.52. The molecule has 142 valence electrons. The van der Waals surface area contributed by atoms with Gasteiger partial charge < -0.3 is 10.2 Å². The summed E-state index contributed by atoms with van der Waals surface area (Å²) in [6.07, 6.45) is -2.25. The summed E-state index contributed by atoms with van der Waals surface area (Å²) in [6.45, 7) is -1.25. The predicted octanol–water partition coefficient (Wildman–Crippen LogP) is 3.50. The first-order chi connectivity index (χ1) is 12.2. The summed E-state index contributed by atoms with van der Waals surface area (Å²) in [5, 5.41) is 3.48. The molecule has 1 aromatic rings. The zero-order valence-corrected chi connectivity index (χ0v) is 14.8. The van der Waals surface area contributed by atoms with E-state index in [0.29, 0.717) is 23.8 Å². The number of amides is 2. The Morgan fingerprint density at radius 1 is 1.23 bits per heavy atom. The van der Waals surface area contributed by atoms with Crippen molar-refractivity contribution in [1.29, 1.82) is 0 Å². The lowest BCUT2D eigenvalue weighted by atomic mass is 9.75. The number of rotatable bonds is 4. The van der Waals surface area contributed by atoms with Crippen LogP contribution in [0.25, 0.3) is 0 Å². The first-order valence-electron chi connectivity index (χ1n) is 8.64. The summed E-state index contributed by atoms with van der Waals surface area (Å²) in [7, 11) is 0. The second kappa shape index (κ2) is 7.47. The Morgan fingerprint density at radius 3 is 2.50 bits per heavy atom. The maximum absolute atomic E-state index is 12.5. The number of hydrogen-bond donors (Lipinski definition) is 1. The van der Waals surface area contributed by atoms with Crippen molar-refractivity contribution in [3.8, 4) is 0 Å². The van der Waals surface area contributed by atoms with E-state index in [2.05, 4.69) is 5.32 Å². The van der Waals surface area contributed by atoms with E-state index < -0.39 is 30.5 Å². The zero-order chi connectivity index (χ0) is 18.9. The lowest BCUT2D eigenvalue weighted by molar-refractivity contribution is -0.168. The maximum Gasteiger partial charge on any atom is 0.406 e. The molecule has 0 spiro atoms. The molecule has 0 bridgehead atoms. The summed E-state index contributed by atoms with van der Waals surface area (Å²) in [4.78, 5) is 25.3. The Kier molecular flexibility index (Phi) is 5.46. The molecule has 3 rings (SSSR count). The first-order valence-corrected chi connectivity index (χ1v) is 9.02. The molecule has 1 saturated heterocycles.